The number of halogens is 1. The van der Waals surface area contributed by atoms with Crippen LogP contribution in [0.25, 0.3) is 44.4 Å². The minimum atomic E-state index is -0.952. The lowest BCUT2D eigenvalue weighted by Crippen LogP contribution is -2.20. The zero-order chi connectivity index (χ0) is 25.7. The van der Waals surface area contributed by atoms with Crippen LogP contribution in [0.4, 0.5) is 0 Å². The van der Waals surface area contributed by atoms with Crippen molar-refractivity contribution >= 4 is 56.6 Å². The van der Waals surface area contributed by atoms with E-state index in [2.05, 4.69) is 5.10 Å². The predicted molar refractivity (Wildman–Crippen MR) is 143 cm³/mol. The Labute approximate surface area is 214 Å². The van der Waals surface area contributed by atoms with Gasteiger partial charge in [0.25, 0.3) is 5.56 Å². The van der Waals surface area contributed by atoms with Crippen LogP contribution in [0.3, 0.4) is 0 Å². The second kappa shape index (κ2) is 8.76. The van der Waals surface area contributed by atoms with Crippen molar-refractivity contribution in [2.24, 2.45) is 5.10 Å². The number of para-hydroxylation sites is 2. The van der Waals surface area contributed by atoms with E-state index in [1.54, 1.807) is 60.2 Å². The van der Waals surface area contributed by atoms with E-state index in [4.69, 9.17) is 21.0 Å². The molecule has 1 N–H and O–H groups in total. The lowest BCUT2D eigenvalue weighted by atomic mass is 10.2. The van der Waals surface area contributed by atoms with Crippen molar-refractivity contribution in [1.29, 1.82) is 0 Å². The summed E-state index contributed by atoms with van der Waals surface area (Å²) in [5, 5.41) is 16.6. The van der Waals surface area contributed by atoms with Crippen LogP contribution < -0.4 is 5.56 Å². The van der Waals surface area contributed by atoms with E-state index in [0.29, 0.717) is 32.8 Å². The maximum atomic E-state index is 13.5. The quantitative estimate of drug-likeness (QED) is 0.289. The van der Waals surface area contributed by atoms with Crippen molar-refractivity contribution in [3.05, 3.63) is 99.9 Å². The molecule has 37 heavy (non-hydrogen) atoms. The highest BCUT2D eigenvalue weighted by Gasteiger charge is 2.19. The fraction of sp³-hybridized carbons (Fsp3) is 0.0714. The summed E-state index contributed by atoms with van der Waals surface area (Å²) in [6, 6.07) is 20.7. The molecule has 182 valence electrons. The first kappa shape index (κ1) is 22.8. The van der Waals surface area contributed by atoms with E-state index in [0.717, 1.165) is 16.3 Å². The van der Waals surface area contributed by atoms with Crippen molar-refractivity contribution in [3.8, 4) is 11.6 Å². The van der Waals surface area contributed by atoms with Gasteiger partial charge in [-0.15, -0.1) is 0 Å². The average Bonchev–Trinajstić information content (AvgIpc) is 3.49. The van der Waals surface area contributed by atoms with E-state index in [1.807, 2.05) is 30.3 Å². The van der Waals surface area contributed by atoms with Gasteiger partial charge in [0, 0.05) is 33.1 Å². The highest BCUT2D eigenvalue weighted by molar-refractivity contribution is 6.31. The van der Waals surface area contributed by atoms with Gasteiger partial charge >= 0.3 is 5.97 Å². The highest BCUT2D eigenvalue weighted by atomic mass is 35.5. The number of hydrogen-bond donors (Lipinski definition) is 1. The number of fused-ring (bicyclic) bond motifs is 3. The largest absolute Gasteiger partial charge is 0.480 e. The van der Waals surface area contributed by atoms with E-state index in [-0.39, 0.29) is 11.4 Å². The first-order chi connectivity index (χ1) is 17.9. The molecule has 0 saturated carbocycles. The van der Waals surface area contributed by atoms with Crippen molar-refractivity contribution in [2.75, 3.05) is 0 Å². The van der Waals surface area contributed by atoms with Crippen molar-refractivity contribution in [2.45, 2.75) is 13.0 Å². The highest BCUT2D eigenvalue weighted by Crippen LogP contribution is 2.29. The molecule has 6 rings (SSSR count). The van der Waals surface area contributed by atoms with E-state index < -0.39 is 12.0 Å². The molecule has 0 fully saturated rings. The third kappa shape index (κ3) is 3.88. The van der Waals surface area contributed by atoms with E-state index in [1.165, 1.54) is 10.9 Å². The summed E-state index contributed by atoms with van der Waals surface area (Å²) in [7, 11) is 0. The zero-order valence-corrected chi connectivity index (χ0v) is 20.3. The minimum Gasteiger partial charge on any atom is -0.480 e. The van der Waals surface area contributed by atoms with Gasteiger partial charge in [-0.25, -0.2) is 9.78 Å². The van der Waals surface area contributed by atoms with Crippen LogP contribution in [-0.2, 0) is 4.79 Å². The molecule has 3 aromatic heterocycles. The number of furan rings is 1. The number of carboxylic acid groups (broad SMARTS) is 1. The lowest BCUT2D eigenvalue weighted by Gasteiger charge is -2.09. The second-order valence-corrected chi connectivity index (χ2v) is 9.07. The van der Waals surface area contributed by atoms with Gasteiger partial charge in [-0.05, 0) is 49.4 Å². The summed E-state index contributed by atoms with van der Waals surface area (Å²) in [6.07, 6.45) is 3.25. The van der Waals surface area contributed by atoms with E-state index in [9.17, 15) is 14.7 Å². The van der Waals surface area contributed by atoms with E-state index >= 15 is 0 Å². The molecule has 0 radical (unpaired) electrons. The molecular formula is C28H19ClN4O4. The number of aromatic nitrogens is 3. The Morgan fingerprint density at radius 1 is 1.08 bits per heavy atom. The monoisotopic (exact) mass is 510 g/mol. The molecule has 0 amide bonds. The molecule has 0 aliphatic heterocycles. The summed E-state index contributed by atoms with van der Waals surface area (Å²) in [5.74, 6) is -0.361. The maximum absolute atomic E-state index is 13.5. The van der Waals surface area contributed by atoms with Crippen LogP contribution in [0.5, 0.6) is 0 Å². The Kier molecular flexibility index (Phi) is 5.39. The van der Waals surface area contributed by atoms with Crippen LogP contribution >= 0.6 is 11.6 Å². The summed E-state index contributed by atoms with van der Waals surface area (Å²) in [6.45, 7) is 1.61. The second-order valence-electron chi connectivity index (χ2n) is 8.63. The standard InChI is InChI=1S/C28H19ClN4O4/c1-16(28(35)36)32-15-18(20-6-3-5-9-23(20)32)14-30-33-26(31-22-8-4-2-7-21(22)27(33)34)25-13-17-12-19(29)10-11-24(17)37-25/h2-16H,1H3,(H,35,36)/t16-/m0/s1. The number of carbonyl (C=O) groups is 1. The number of benzene rings is 3. The third-order valence-electron chi connectivity index (χ3n) is 6.31. The smallest absolute Gasteiger partial charge is 0.326 e. The molecule has 9 heteroatoms. The fourth-order valence-electron chi connectivity index (χ4n) is 4.41. The fourth-order valence-corrected chi connectivity index (χ4v) is 4.59. The molecule has 0 bridgehead atoms. The molecule has 3 aromatic carbocycles. The predicted octanol–water partition coefficient (Wildman–Crippen LogP) is 5.95. The third-order valence-corrected chi connectivity index (χ3v) is 6.55. The summed E-state index contributed by atoms with van der Waals surface area (Å²) >= 11 is 6.14. The molecule has 1 atom stereocenters. The number of aliphatic carboxylic acids is 1. The molecule has 0 aliphatic carbocycles. The van der Waals surface area contributed by atoms with Crippen LogP contribution in [0.2, 0.25) is 5.02 Å². The average molecular weight is 511 g/mol. The van der Waals surface area contributed by atoms with Crippen molar-refractivity contribution in [1.82, 2.24) is 14.2 Å². The zero-order valence-electron chi connectivity index (χ0n) is 19.5. The lowest BCUT2D eigenvalue weighted by molar-refractivity contribution is -0.140. The van der Waals surface area contributed by atoms with Crippen LogP contribution in [-0.4, -0.2) is 31.5 Å². The molecular weight excluding hydrogens is 492 g/mol. The molecule has 3 heterocycles. The maximum Gasteiger partial charge on any atom is 0.326 e. The summed E-state index contributed by atoms with van der Waals surface area (Å²) in [5.41, 5.74) is 2.16. The Bertz CT molecular complexity index is 1930. The van der Waals surface area contributed by atoms with Gasteiger partial charge in [0.15, 0.2) is 5.76 Å². The van der Waals surface area contributed by atoms with Gasteiger partial charge in [0.1, 0.15) is 11.6 Å². The Morgan fingerprint density at radius 2 is 1.84 bits per heavy atom. The van der Waals surface area contributed by atoms with Gasteiger partial charge in [0.05, 0.1) is 17.1 Å². The number of nitrogens with zero attached hydrogens (tertiary/aromatic N) is 4. The van der Waals surface area contributed by atoms with Crippen LogP contribution in [0.15, 0.2) is 93.3 Å². The Hall–Kier alpha value is -4.69. The van der Waals surface area contributed by atoms with Gasteiger partial charge in [-0.3, -0.25) is 4.79 Å². The first-order valence-corrected chi connectivity index (χ1v) is 11.9. The summed E-state index contributed by atoms with van der Waals surface area (Å²) in [4.78, 5) is 29.9. The van der Waals surface area contributed by atoms with Crippen molar-refractivity contribution < 1.29 is 14.3 Å². The molecule has 0 aliphatic rings. The topological polar surface area (TPSA) is 103 Å². The Morgan fingerprint density at radius 3 is 2.65 bits per heavy atom. The SMILES string of the molecule is C[C@@H](C(=O)O)n1cc(C=Nn2c(-c3cc4cc(Cl)ccc4o3)nc3ccccc3c2=O)c2ccccc21. The normalized spacial score (nSPS) is 12.7. The molecule has 0 saturated heterocycles. The molecule has 0 spiro atoms. The number of hydrogen-bond acceptors (Lipinski definition) is 5. The molecule has 6 aromatic rings. The summed E-state index contributed by atoms with van der Waals surface area (Å²) < 4.78 is 8.89. The molecule has 0 unspecified atom stereocenters. The van der Waals surface area contributed by atoms with Gasteiger partial charge in [0.2, 0.25) is 5.82 Å². The Balaban J connectivity index is 1.56. The van der Waals surface area contributed by atoms with Crippen LogP contribution in [0, 0.1) is 0 Å². The van der Waals surface area contributed by atoms with Crippen LogP contribution in [0.1, 0.15) is 18.5 Å². The first-order valence-electron chi connectivity index (χ1n) is 11.5. The molecule has 8 nitrogen and oxygen atoms in total. The van der Waals surface area contributed by atoms with Gasteiger partial charge < -0.3 is 14.1 Å². The minimum absolute atomic E-state index is 0.231. The number of carboxylic acids is 1. The number of rotatable bonds is 5. The van der Waals surface area contributed by atoms with Crippen molar-refractivity contribution in [3.63, 3.8) is 0 Å². The van der Waals surface area contributed by atoms with Gasteiger partial charge in [-0.2, -0.15) is 9.78 Å². The van der Waals surface area contributed by atoms with Gasteiger partial charge in [-0.1, -0.05) is 41.9 Å².